The van der Waals surface area contributed by atoms with Gasteiger partial charge in [-0.05, 0) is 44.5 Å². The predicted octanol–water partition coefficient (Wildman–Crippen LogP) is 2.13. The number of rotatable bonds is 3. The van der Waals surface area contributed by atoms with Gasteiger partial charge in [-0.3, -0.25) is 19.5 Å². The number of phenols is 1. The molecule has 0 aliphatic heterocycles. The van der Waals surface area contributed by atoms with Crippen LogP contribution in [-0.4, -0.2) is 84.1 Å². The average Bonchev–Trinajstić information content (AvgIpc) is 2.78. The molecular formula is C24H26N2O8. The van der Waals surface area contributed by atoms with E-state index in [1.165, 1.54) is 13.1 Å². The minimum atomic E-state index is -2.33. The first-order valence-electron chi connectivity index (χ1n) is 10.7. The molecule has 0 radical (unpaired) electrons. The van der Waals surface area contributed by atoms with Crippen LogP contribution in [0.3, 0.4) is 0 Å². The summed E-state index contributed by atoms with van der Waals surface area (Å²) in [6, 6.07) is 3.86. The number of carbonyl (C=O) groups excluding carboxylic acids is 3. The van der Waals surface area contributed by atoms with E-state index in [-0.39, 0.29) is 34.6 Å². The number of aliphatic hydroxyl groups excluding tert-OH is 2. The topological polar surface area (TPSA) is 146 Å². The molecule has 1 aromatic carbocycles. The number of fused-ring (bicyclic) bond motifs is 3. The summed E-state index contributed by atoms with van der Waals surface area (Å²) in [5.74, 6) is -4.27. The monoisotopic (exact) mass is 470 g/mol. The molecule has 1 aromatic rings. The number of benzene rings is 1. The molecule has 0 fully saturated rings. The Morgan fingerprint density at radius 1 is 1.24 bits per heavy atom. The number of ketones is 2. The highest BCUT2D eigenvalue weighted by Crippen LogP contribution is 2.53. The third kappa shape index (κ3) is 3.12. The number of hydrogen-bond donors (Lipinski definition) is 3. The van der Waals surface area contributed by atoms with Gasteiger partial charge < -0.3 is 24.8 Å². The molecule has 0 heterocycles. The summed E-state index contributed by atoms with van der Waals surface area (Å²) in [6.45, 7) is 0. The Bertz CT molecular complexity index is 1180. The van der Waals surface area contributed by atoms with Gasteiger partial charge in [0.15, 0.2) is 11.5 Å². The predicted molar refractivity (Wildman–Crippen MR) is 120 cm³/mol. The van der Waals surface area contributed by atoms with Crippen molar-refractivity contribution in [1.82, 2.24) is 4.90 Å². The van der Waals surface area contributed by atoms with Gasteiger partial charge in [-0.25, -0.2) is 4.79 Å². The molecule has 4 rings (SSSR count). The first kappa shape index (κ1) is 23.5. The van der Waals surface area contributed by atoms with Crippen LogP contribution >= 0.6 is 0 Å². The van der Waals surface area contributed by atoms with E-state index in [2.05, 4.69) is 9.73 Å². The Kier molecular flexibility index (Phi) is 5.72. The molecule has 0 saturated carbocycles. The van der Waals surface area contributed by atoms with Crippen LogP contribution in [-0.2, 0) is 20.7 Å². The van der Waals surface area contributed by atoms with Crippen molar-refractivity contribution < 1.29 is 39.2 Å². The number of ether oxygens (including phenoxy) is 2. The first-order chi connectivity index (χ1) is 16.1. The zero-order valence-corrected chi connectivity index (χ0v) is 19.2. The molecule has 4 atom stereocenters. The van der Waals surface area contributed by atoms with Crippen molar-refractivity contribution in [3.8, 4) is 5.75 Å². The second-order valence-electron chi connectivity index (χ2n) is 8.86. The summed E-state index contributed by atoms with van der Waals surface area (Å²) >= 11 is 0. The van der Waals surface area contributed by atoms with E-state index < -0.39 is 47.0 Å². The Morgan fingerprint density at radius 2 is 1.94 bits per heavy atom. The van der Waals surface area contributed by atoms with Gasteiger partial charge >= 0.3 is 6.16 Å². The minimum Gasteiger partial charge on any atom is -0.510 e. The zero-order valence-electron chi connectivity index (χ0n) is 19.2. The summed E-state index contributed by atoms with van der Waals surface area (Å²) in [5.41, 5.74) is -2.04. The Balaban J connectivity index is 2.03. The summed E-state index contributed by atoms with van der Waals surface area (Å²) in [6.07, 6.45) is 0.330. The summed E-state index contributed by atoms with van der Waals surface area (Å²) in [5, 5.41) is 32.9. The van der Waals surface area contributed by atoms with E-state index in [9.17, 15) is 29.7 Å². The number of aromatic hydroxyl groups is 1. The lowest BCUT2D eigenvalue weighted by Gasteiger charge is -2.51. The molecule has 0 amide bonds. The van der Waals surface area contributed by atoms with Crippen molar-refractivity contribution in [2.24, 2.45) is 16.8 Å². The highest BCUT2D eigenvalue weighted by Gasteiger charge is 2.65. The van der Waals surface area contributed by atoms with Crippen LogP contribution < -0.4 is 0 Å². The molecular weight excluding hydrogens is 444 g/mol. The van der Waals surface area contributed by atoms with Crippen molar-refractivity contribution in [1.29, 1.82) is 0 Å². The Labute approximate surface area is 195 Å². The summed E-state index contributed by atoms with van der Waals surface area (Å²) in [7, 11) is 5.81. The fourth-order valence-corrected chi connectivity index (χ4v) is 5.55. The maximum Gasteiger partial charge on any atom is 0.509 e. The van der Waals surface area contributed by atoms with Crippen molar-refractivity contribution in [3.05, 3.63) is 52.0 Å². The van der Waals surface area contributed by atoms with Gasteiger partial charge in [0.25, 0.3) is 0 Å². The number of methoxy groups -OCH3 is 1. The lowest BCUT2D eigenvalue weighted by atomic mass is 9.58. The van der Waals surface area contributed by atoms with Gasteiger partial charge in [0.2, 0.25) is 11.4 Å². The molecule has 3 aliphatic carbocycles. The first-order valence-corrected chi connectivity index (χ1v) is 10.7. The van der Waals surface area contributed by atoms with Gasteiger partial charge in [0.05, 0.1) is 24.3 Å². The van der Waals surface area contributed by atoms with Crippen LogP contribution in [0.25, 0.3) is 0 Å². The number of nitrogens with zero attached hydrogens (tertiary/aromatic N) is 2. The standard InChI is InChI=1S/C24H26N2O8/c1-25-10-13-19(28)18(26(2)3)14-9-12-8-11-6-5-7-15(27)16(11)20(29)17(12)22(31)24(14,21(13)30)34-23(32)33-4/h5-7,10,12,14,18,27-28,31H,8-9H2,1-4H3/b25-10-/t12-,14-,18?,24?/m0/s1. The quantitative estimate of drug-likeness (QED) is 0.446. The molecule has 0 bridgehead atoms. The van der Waals surface area contributed by atoms with Crippen LogP contribution in [0.2, 0.25) is 0 Å². The SMILES string of the molecule is C/N=C\C1=C(O)C(N(C)C)[C@@H]2C[C@@H]3Cc4cccc(O)c4C(=O)C3=C(O)C2(OC(=O)OC)C1=O. The molecule has 0 spiro atoms. The average molecular weight is 470 g/mol. The van der Waals surface area contributed by atoms with E-state index in [0.717, 1.165) is 13.3 Å². The van der Waals surface area contributed by atoms with Crippen LogP contribution in [0.15, 0.2) is 45.9 Å². The second kappa shape index (κ2) is 8.28. The molecule has 34 heavy (non-hydrogen) atoms. The number of allylic oxidation sites excluding steroid dienone is 1. The smallest absolute Gasteiger partial charge is 0.509 e. The molecule has 10 nitrogen and oxygen atoms in total. The molecule has 180 valence electrons. The highest BCUT2D eigenvalue weighted by atomic mass is 16.7. The van der Waals surface area contributed by atoms with Gasteiger partial charge in [0, 0.05) is 24.8 Å². The number of likely N-dealkylation sites (N-methyl/N-ethyl adjacent to an activating group) is 1. The number of hydrogen-bond acceptors (Lipinski definition) is 10. The van der Waals surface area contributed by atoms with Crippen molar-refractivity contribution in [2.75, 3.05) is 28.3 Å². The Morgan fingerprint density at radius 3 is 2.56 bits per heavy atom. The molecule has 3 aliphatic rings. The number of aliphatic hydroxyl groups is 2. The van der Waals surface area contributed by atoms with E-state index in [4.69, 9.17) is 4.74 Å². The van der Waals surface area contributed by atoms with Crippen LogP contribution in [0, 0.1) is 11.8 Å². The van der Waals surface area contributed by atoms with E-state index >= 15 is 0 Å². The number of phenolic OH excluding ortho intramolecular Hbond substituents is 1. The largest absolute Gasteiger partial charge is 0.510 e. The third-order valence-electron chi connectivity index (χ3n) is 6.89. The molecule has 3 N–H and O–H groups in total. The van der Waals surface area contributed by atoms with Crippen molar-refractivity contribution in [2.45, 2.75) is 24.5 Å². The normalized spacial score (nSPS) is 28.7. The maximum absolute atomic E-state index is 13.8. The van der Waals surface area contributed by atoms with Crippen LogP contribution in [0.5, 0.6) is 5.75 Å². The molecule has 2 unspecified atom stereocenters. The number of carbonyl (C=O) groups is 3. The van der Waals surface area contributed by atoms with Gasteiger partial charge in [0.1, 0.15) is 11.5 Å². The lowest BCUT2D eigenvalue weighted by Crippen LogP contribution is -2.64. The molecule has 0 saturated heterocycles. The van der Waals surface area contributed by atoms with Gasteiger partial charge in [-0.15, -0.1) is 0 Å². The summed E-state index contributed by atoms with van der Waals surface area (Å²) in [4.78, 5) is 45.1. The van der Waals surface area contributed by atoms with Crippen LogP contribution in [0.1, 0.15) is 22.3 Å². The fourth-order valence-electron chi connectivity index (χ4n) is 5.55. The van der Waals surface area contributed by atoms with Gasteiger partial charge in [-0.1, -0.05) is 12.1 Å². The lowest BCUT2D eigenvalue weighted by molar-refractivity contribution is -0.150. The molecule has 0 aromatic heterocycles. The number of aliphatic imine (C=N–C) groups is 1. The highest BCUT2D eigenvalue weighted by molar-refractivity contribution is 6.21. The van der Waals surface area contributed by atoms with Crippen LogP contribution in [0.4, 0.5) is 4.79 Å². The zero-order chi connectivity index (χ0) is 24.9. The maximum atomic E-state index is 13.8. The number of Topliss-reactive ketones (excluding diaryl/α,β-unsaturated/α-hetero) is 2. The van der Waals surface area contributed by atoms with Crippen molar-refractivity contribution >= 4 is 23.9 Å². The van der Waals surface area contributed by atoms with Crippen molar-refractivity contribution in [3.63, 3.8) is 0 Å². The van der Waals surface area contributed by atoms with Gasteiger partial charge in [-0.2, -0.15) is 0 Å². The minimum absolute atomic E-state index is 0.0353. The molecule has 10 heteroatoms. The third-order valence-corrected chi connectivity index (χ3v) is 6.89. The van der Waals surface area contributed by atoms with E-state index in [1.807, 2.05) is 0 Å². The Hall–Kier alpha value is -3.66. The fraction of sp³-hybridized carbons (Fsp3) is 0.417. The second-order valence-corrected chi connectivity index (χ2v) is 8.86. The van der Waals surface area contributed by atoms with E-state index in [1.54, 1.807) is 31.1 Å². The van der Waals surface area contributed by atoms with E-state index in [0.29, 0.717) is 12.0 Å². The summed E-state index contributed by atoms with van der Waals surface area (Å²) < 4.78 is 10.2.